The summed E-state index contributed by atoms with van der Waals surface area (Å²) < 4.78 is 53.6. The largest absolute Gasteiger partial charge is 0.349 e. The number of carbonyl (C=O) groups excluding carboxylic acids is 1. The summed E-state index contributed by atoms with van der Waals surface area (Å²) in [7, 11) is -4.15. The highest BCUT2D eigenvalue weighted by Gasteiger charge is 2.34. The van der Waals surface area contributed by atoms with Crippen LogP contribution in [0, 0.1) is 17.6 Å². The number of hydrogen-bond acceptors (Lipinski definition) is 4. The van der Waals surface area contributed by atoms with Gasteiger partial charge in [-0.3, -0.25) is 9.78 Å². The second kappa shape index (κ2) is 8.32. The number of carbonyl (C=O) groups is 1. The standard InChI is InChI=1S/C19H21F2N3O3S/c1-13(15-3-2-8-22-12-15)23-19(25)14-6-9-24(10-7-14)28(26,27)18-11-16(20)4-5-17(18)21/h2-5,8,11-14H,6-7,9-10H2,1H3,(H,23,25). The van der Waals surface area contributed by atoms with E-state index >= 15 is 0 Å². The van der Waals surface area contributed by atoms with E-state index < -0.39 is 26.6 Å². The zero-order valence-corrected chi connectivity index (χ0v) is 16.1. The van der Waals surface area contributed by atoms with E-state index in [1.807, 2.05) is 13.0 Å². The lowest BCUT2D eigenvalue weighted by atomic mass is 9.96. The number of sulfonamides is 1. The van der Waals surface area contributed by atoms with Gasteiger partial charge in [-0.05, 0) is 49.6 Å². The molecule has 1 aliphatic rings. The molecule has 0 spiro atoms. The normalized spacial score (nSPS) is 17.2. The van der Waals surface area contributed by atoms with Crippen LogP contribution in [0.15, 0.2) is 47.6 Å². The highest BCUT2D eigenvalue weighted by atomic mass is 32.2. The van der Waals surface area contributed by atoms with E-state index in [-0.39, 0.29) is 31.0 Å². The molecule has 1 amide bonds. The molecule has 1 aromatic heterocycles. The number of pyridine rings is 1. The van der Waals surface area contributed by atoms with Crippen molar-refractivity contribution in [3.05, 3.63) is 59.9 Å². The number of amides is 1. The molecular formula is C19H21F2N3O3S. The lowest BCUT2D eigenvalue weighted by Crippen LogP contribution is -2.43. The summed E-state index contributed by atoms with van der Waals surface area (Å²) in [5.41, 5.74) is 0.873. The van der Waals surface area contributed by atoms with Gasteiger partial charge in [0.1, 0.15) is 16.5 Å². The highest BCUT2D eigenvalue weighted by molar-refractivity contribution is 7.89. The van der Waals surface area contributed by atoms with E-state index in [1.54, 1.807) is 18.5 Å². The predicted octanol–water partition coefficient (Wildman–Crippen LogP) is 2.64. The Morgan fingerprint density at radius 2 is 1.96 bits per heavy atom. The van der Waals surface area contributed by atoms with Gasteiger partial charge in [-0.2, -0.15) is 4.31 Å². The number of aromatic nitrogens is 1. The van der Waals surface area contributed by atoms with Gasteiger partial charge < -0.3 is 5.32 Å². The van der Waals surface area contributed by atoms with Gasteiger partial charge in [-0.25, -0.2) is 17.2 Å². The molecule has 28 heavy (non-hydrogen) atoms. The van der Waals surface area contributed by atoms with Gasteiger partial charge in [-0.15, -0.1) is 0 Å². The lowest BCUT2D eigenvalue weighted by molar-refractivity contribution is -0.126. The Morgan fingerprint density at radius 3 is 2.61 bits per heavy atom. The second-order valence-corrected chi connectivity index (χ2v) is 8.68. The Morgan fingerprint density at radius 1 is 1.25 bits per heavy atom. The minimum Gasteiger partial charge on any atom is -0.349 e. The Kier molecular flexibility index (Phi) is 6.04. The molecule has 1 unspecified atom stereocenters. The van der Waals surface area contributed by atoms with Crippen LogP contribution in [-0.2, 0) is 14.8 Å². The van der Waals surface area contributed by atoms with E-state index in [4.69, 9.17) is 0 Å². The molecule has 3 rings (SSSR count). The monoisotopic (exact) mass is 409 g/mol. The molecule has 0 saturated carbocycles. The molecule has 9 heteroatoms. The molecule has 1 saturated heterocycles. The van der Waals surface area contributed by atoms with Gasteiger partial charge in [0.2, 0.25) is 15.9 Å². The topological polar surface area (TPSA) is 79.4 Å². The molecule has 1 aromatic carbocycles. The average molecular weight is 409 g/mol. The number of benzene rings is 1. The zero-order valence-electron chi connectivity index (χ0n) is 15.3. The number of nitrogens with one attached hydrogen (secondary N) is 1. The van der Waals surface area contributed by atoms with Crippen molar-refractivity contribution in [1.29, 1.82) is 0 Å². The fraction of sp³-hybridized carbons (Fsp3) is 0.368. The van der Waals surface area contributed by atoms with Gasteiger partial charge in [0.15, 0.2) is 0 Å². The maximum absolute atomic E-state index is 13.9. The van der Waals surface area contributed by atoms with Crippen LogP contribution in [-0.4, -0.2) is 36.7 Å². The van der Waals surface area contributed by atoms with Gasteiger partial charge in [0.25, 0.3) is 0 Å². The van der Waals surface area contributed by atoms with Crippen molar-refractivity contribution >= 4 is 15.9 Å². The first kappa shape index (κ1) is 20.3. The average Bonchev–Trinajstić information content (AvgIpc) is 2.70. The fourth-order valence-corrected chi connectivity index (χ4v) is 4.76. The van der Waals surface area contributed by atoms with Crippen LogP contribution in [0.25, 0.3) is 0 Å². The van der Waals surface area contributed by atoms with Crippen LogP contribution in [0.5, 0.6) is 0 Å². The number of rotatable bonds is 5. The number of nitrogens with zero attached hydrogens (tertiary/aromatic N) is 2. The number of halogens is 2. The zero-order chi connectivity index (χ0) is 20.3. The summed E-state index contributed by atoms with van der Waals surface area (Å²) in [5.74, 6) is -2.32. The third-order valence-corrected chi connectivity index (χ3v) is 6.79. The van der Waals surface area contributed by atoms with Crippen LogP contribution in [0.1, 0.15) is 31.4 Å². The van der Waals surface area contributed by atoms with Crippen molar-refractivity contribution in [1.82, 2.24) is 14.6 Å². The van der Waals surface area contributed by atoms with Gasteiger partial charge >= 0.3 is 0 Å². The second-order valence-electron chi connectivity index (χ2n) is 6.77. The van der Waals surface area contributed by atoms with Gasteiger partial charge in [0, 0.05) is 31.4 Å². The van der Waals surface area contributed by atoms with E-state index in [0.717, 1.165) is 22.0 Å². The molecular weight excluding hydrogens is 388 g/mol. The van der Waals surface area contributed by atoms with Crippen molar-refractivity contribution in [2.45, 2.75) is 30.7 Å². The molecule has 1 fully saturated rings. The summed E-state index contributed by atoms with van der Waals surface area (Å²) in [5, 5.41) is 2.91. The van der Waals surface area contributed by atoms with E-state index in [1.165, 1.54) is 0 Å². The molecule has 0 aliphatic carbocycles. The quantitative estimate of drug-likeness (QED) is 0.823. The Hall–Kier alpha value is -2.39. The predicted molar refractivity (Wildman–Crippen MR) is 98.6 cm³/mol. The lowest BCUT2D eigenvalue weighted by Gasteiger charge is -2.31. The molecule has 2 heterocycles. The molecule has 6 nitrogen and oxygen atoms in total. The summed E-state index contributed by atoms with van der Waals surface area (Å²) in [6.07, 6.45) is 3.94. The van der Waals surface area contributed by atoms with Crippen LogP contribution >= 0.6 is 0 Å². The van der Waals surface area contributed by atoms with Crippen LogP contribution < -0.4 is 5.32 Å². The van der Waals surface area contributed by atoms with E-state index in [9.17, 15) is 22.0 Å². The molecule has 0 radical (unpaired) electrons. The Labute approximate surface area is 162 Å². The molecule has 1 N–H and O–H groups in total. The molecule has 150 valence electrons. The Balaban J connectivity index is 1.62. The van der Waals surface area contributed by atoms with Crippen molar-refractivity contribution in [2.24, 2.45) is 5.92 Å². The third-order valence-electron chi connectivity index (χ3n) is 4.88. The summed E-state index contributed by atoms with van der Waals surface area (Å²) in [4.78, 5) is 15.8. The third kappa shape index (κ3) is 4.36. The first-order valence-corrected chi connectivity index (χ1v) is 10.4. The van der Waals surface area contributed by atoms with E-state index in [0.29, 0.717) is 18.9 Å². The summed E-state index contributed by atoms with van der Waals surface area (Å²) in [6.45, 7) is 1.98. The molecule has 2 aromatic rings. The molecule has 1 aliphatic heterocycles. The minimum absolute atomic E-state index is 0.0671. The van der Waals surface area contributed by atoms with Gasteiger partial charge in [-0.1, -0.05) is 6.07 Å². The smallest absolute Gasteiger partial charge is 0.246 e. The summed E-state index contributed by atoms with van der Waals surface area (Å²) in [6, 6.07) is 5.77. The SMILES string of the molecule is CC(NC(=O)C1CCN(S(=O)(=O)c2cc(F)ccc2F)CC1)c1cccnc1. The van der Waals surface area contributed by atoms with Crippen LogP contribution in [0.3, 0.4) is 0 Å². The first-order chi connectivity index (χ1) is 13.3. The number of piperidine rings is 1. The van der Waals surface area contributed by atoms with Crippen molar-refractivity contribution in [3.8, 4) is 0 Å². The first-order valence-electron chi connectivity index (χ1n) is 8.94. The fourth-order valence-electron chi connectivity index (χ4n) is 3.22. The summed E-state index contributed by atoms with van der Waals surface area (Å²) >= 11 is 0. The number of hydrogen-bond donors (Lipinski definition) is 1. The molecule has 0 bridgehead atoms. The van der Waals surface area contributed by atoms with Crippen molar-refractivity contribution in [3.63, 3.8) is 0 Å². The van der Waals surface area contributed by atoms with E-state index in [2.05, 4.69) is 10.3 Å². The van der Waals surface area contributed by atoms with Crippen molar-refractivity contribution in [2.75, 3.05) is 13.1 Å². The highest BCUT2D eigenvalue weighted by Crippen LogP contribution is 2.26. The maximum atomic E-state index is 13.9. The minimum atomic E-state index is -4.15. The van der Waals surface area contributed by atoms with Gasteiger partial charge in [0.05, 0.1) is 6.04 Å². The maximum Gasteiger partial charge on any atom is 0.246 e. The van der Waals surface area contributed by atoms with Crippen LogP contribution in [0.4, 0.5) is 8.78 Å². The molecule has 1 atom stereocenters. The van der Waals surface area contributed by atoms with Crippen LogP contribution in [0.2, 0.25) is 0 Å². The van der Waals surface area contributed by atoms with Crippen molar-refractivity contribution < 1.29 is 22.0 Å². The Bertz CT molecular complexity index is 946.